The van der Waals surface area contributed by atoms with Crippen molar-refractivity contribution < 1.29 is 9.21 Å². The minimum absolute atomic E-state index is 0.133. The summed E-state index contributed by atoms with van der Waals surface area (Å²) >= 11 is 0. The number of hydrogen-bond acceptors (Lipinski definition) is 4. The van der Waals surface area contributed by atoms with E-state index in [9.17, 15) is 9.59 Å². The van der Waals surface area contributed by atoms with Crippen molar-refractivity contribution in [3.05, 3.63) is 101 Å². The summed E-state index contributed by atoms with van der Waals surface area (Å²) in [7, 11) is 0. The van der Waals surface area contributed by atoms with Crippen LogP contribution >= 0.6 is 0 Å². The summed E-state index contributed by atoms with van der Waals surface area (Å²) in [6.45, 7) is -0.133. The minimum Gasteiger partial charge on any atom is -0.408 e. The lowest BCUT2D eigenvalue weighted by Crippen LogP contribution is -2.34. The number of benzene rings is 2. The number of hydrogen-bond donors (Lipinski definition) is 1. The number of fused-ring (bicyclic) bond motifs is 1. The molecule has 0 bridgehead atoms. The Hall–Kier alpha value is -3.67. The van der Waals surface area contributed by atoms with Crippen molar-refractivity contribution in [2.45, 2.75) is 12.6 Å². The number of aromatic nitrogens is 2. The van der Waals surface area contributed by atoms with Crippen LogP contribution in [0.1, 0.15) is 17.3 Å². The van der Waals surface area contributed by atoms with E-state index in [1.54, 1.807) is 30.5 Å². The predicted molar refractivity (Wildman–Crippen MR) is 101 cm³/mol. The summed E-state index contributed by atoms with van der Waals surface area (Å²) < 4.78 is 6.51. The molecule has 2 aromatic heterocycles. The molecule has 6 heteroatoms. The Morgan fingerprint density at radius 2 is 1.74 bits per heavy atom. The van der Waals surface area contributed by atoms with Crippen molar-refractivity contribution in [1.82, 2.24) is 14.9 Å². The van der Waals surface area contributed by atoms with Gasteiger partial charge in [-0.2, -0.15) is 0 Å². The first-order chi connectivity index (χ1) is 13.2. The summed E-state index contributed by atoms with van der Waals surface area (Å²) in [5, 5.41) is 2.98. The molecule has 2 heterocycles. The molecule has 1 amide bonds. The van der Waals surface area contributed by atoms with Crippen LogP contribution in [0.4, 0.5) is 0 Å². The zero-order valence-corrected chi connectivity index (χ0v) is 14.4. The summed E-state index contributed by atoms with van der Waals surface area (Å²) in [4.78, 5) is 29.2. The molecule has 0 fully saturated rings. The largest absolute Gasteiger partial charge is 0.420 e. The molecule has 4 aromatic rings. The highest BCUT2D eigenvalue weighted by Gasteiger charge is 2.19. The number of rotatable bonds is 5. The molecule has 1 unspecified atom stereocenters. The number of para-hydroxylation sites is 2. The molecule has 1 N–H and O–H groups in total. The van der Waals surface area contributed by atoms with E-state index in [2.05, 4.69) is 10.3 Å². The molecular formula is C21H17N3O3. The molecule has 0 aliphatic heterocycles. The van der Waals surface area contributed by atoms with E-state index in [4.69, 9.17) is 4.42 Å². The molecule has 0 aliphatic carbocycles. The molecule has 0 saturated carbocycles. The number of carbonyl (C=O) groups excluding carboxylic acids is 1. The van der Waals surface area contributed by atoms with E-state index < -0.39 is 11.8 Å². The van der Waals surface area contributed by atoms with E-state index in [0.29, 0.717) is 11.1 Å². The Bertz CT molecular complexity index is 1080. The second-order valence-electron chi connectivity index (χ2n) is 6.09. The van der Waals surface area contributed by atoms with Crippen molar-refractivity contribution >= 4 is 17.0 Å². The third-order valence-corrected chi connectivity index (χ3v) is 4.30. The average molecular weight is 359 g/mol. The number of carbonyl (C=O) groups is 1. The third kappa shape index (κ3) is 3.50. The molecule has 4 rings (SSSR count). The monoisotopic (exact) mass is 359 g/mol. The minimum atomic E-state index is -0.555. The normalized spacial score (nSPS) is 12.0. The number of nitrogens with one attached hydrogen (secondary N) is 1. The highest BCUT2D eigenvalue weighted by molar-refractivity contribution is 5.80. The molecule has 0 aliphatic rings. The second kappa shape index (κ2) is 7.29. The van der Waals surface area contributed by atoms with E-state index in [1.165, 1.54) is 4.57 Å². The first-order valence-corrected chi connectivity index (χ1v) is 8.56. The first-order valence-electron chi connectivity index (χ1n) is 8.56. The zero-order chi connectivity index (χ0) is 18.6. The molecule has 0 radical (unpaired) electrons. The molecule has 2 aromatic carbocycles. The highest BCUT2D eigenvalue weighted by atomic mass is 16.4. The maximum atomic E-state index is 12.7. The van der Waals surface area contributed by atoms with Gasteiger partial charge in [0, 0.05) is 6.20 Å². The van der Waals surface area contributed by atoms with Crippen molar-refractivity contribution in [3.8, 4) is 0 Å². The quantitative estimate of drug-likeness (QED) is 0.594. The van der Waals surface area contributed by atoms with Crippen LogP contribution in [0.2, 0.25) is 0 Å². The fourth-order valence-electron chi connectivity index (χ4n) is 3.03. The van der Waals surface area contributed by atoms with Gasteiger partial charge in [0.15, 0.2) is 5.58 Å². The topological polar surface area (TPSA) is 77.1 Å². The standard InChI is InChI=1S/C21H17N3O3/c25-19(14-24-17-11-4-5-12-18(17)27-21(24)26)23-20(15-8-2-1-3-9-15)16-10-6-7-13-22-16/h1-13,20H,14H2,(H,23,25). The van der Waals surface area contributed by atoms with E-state index in [-0.39, 0.29) is 12.5 Å². The zero-order valence-electron chi connectivity index (χ0n) is 14.4. The van der Waals surface area contributed by atoms with Gasteiger partial charge in [0.1, 0.15) is 6.54 Å². The van der Waals surface area contributed by atoms with Gasteiger partial charge in [-0.1, -0.05) is 48.5 Å². The van der Waals surface area contributed by atoms with E-state index in [1.807, 2.05) is 48.5 Å². The third-order valence-electron chi connectivity index (χ3n) is 4.30. The Morgan fingerprint density at radius 1 is 1.00 bits per heavy atom. The number of pyridine rings is 1. The van der Waals surface area contributed by atoms with Crippen LogP contribution < -0.4 is 11.1 Å². The lowest BCUT2D eigenvalue weighted by Gasteiger charge is -2.19. The molecule has 134 valence electrons. The van der Waals surface area contributed by atoms with Crippen LogP contribution in [0.25, 0.3) is 11.1 Å². The maximum Gasteiger partial charge on any atom is 0.420 e. The van der Waals surface area contributed by atoms with Crippen molar-refractivity contribution in [3.63, 3.8) is 0 Å². The van der Waals surface area contributed by atoms with Crippen LogP contribution in [-0.2, 0) is 11.3 Å². The first kappa shape index (κ1) is 16.8. The van der Waals surface area contributed by atoms with Gasteiger partial charge in [-0.25, -0.2) is 4.79 Å². The van der Waals surface area contributed by atoms with Gasteiger partial charge >= 0.3 is 5.76 Å². The Morgan fingerprint density at radius 3 is 2.52 bits per heavy atom. The molecule has 0 saturated heterocycles. The summed E-state index contributed by atoms with van der Waals surface area (Å²) in [5.74, 6) is -0.858. The highest BCUT2D eigenvalue weighted by Crippen LogP contribution is 2.20. The van der Waals surface area contributed by atoms with Crippen LogP contribution in [0.3, 0.4) is 0 Å². The van der Waals surface area contributed by atoms with Gasteiger partial charge < -0.3 is 9.73 Å². The van der Waals surface area contributed by atoms with E-state index in [0.717, 1.165) is 11.3 Å². The molecule has 0 spiro atoms. The van der Waals surface area contributed by atoms with Crippen molar-refractivity contribution in [2.24, 2.45) is 0 Å². The van der Waals surface area contributed by atoms with Crippen LogP contribution in [0, 0.1) is 0 Å². The molecule has 1 atom stereocenters. The van der Waals surface area contributed by atoms with Gasteiger partial charge in [-0.05, 0) is 29.8 Å². The van der Waals surface area contributed by atoms with Gasteiger partial charge in [0.2, 0.25) is 5.91 Å². The van der Waals surface area contributed by atoms with Crippen LogP contribution in [0.15, 0.2) is 88.2 Å². The fourth-order valence-corrected chi connectivity index (χ4v) is 3.03. The Balaban J connectivity index is 1.62. The number of oxazole rings is 1. The maximum absolute atomic E-state index is 12.7. The summed E-state index contributed by atoms with van der Waals surface area (Å²) in [5.41, 5.74) is 2.68. The number of amides is 1. The van der Waals surface area contributed by atoms with Crippen LogP contribution in [0.5, 0.6) is 0 Å². The molecular weight excluding hydrogens is 342 g/mol. The van der Waals surface area contributed by atoms with Crippen LogP contribution in [-0.4, -0.2) is 15.5 Å². The van der Waals surface area contributed by atoms with Crippen molar-refractivity contribution in [1.29, 1.82) is 0 Å². The smallest absolute Gasteiger partial charge is 0.408 e. The molecule has 6 nitrogen and oxygen atoms in total. The van der Waals surface area contributed by atoms with E-state index >= 15 is 0 Å². The lowest BCUT2D eigenvalue weighted by molar-refractivity contribution is -0.122. The summed E-state index contributed by atoms with van der Waals surface area (Å²) in [6, 6.07) is 21.8. The Labute approximate surface area is 155 Å². The average Bonchev–Trinajstić information content (AvgIpc) is 3.03. The fraction of sp³-hybridized carbons (Fsp3) is 0.0952. The van der Waals surface area contributed by atoms with Gasteiger partial charge in [0.05, 0.1) is 17.3 Å². The number of nitrogens with zero attached hydrogens (tertiary/aromatic N) is 2. The van der Waals surface area contributed by atoms with Crippen molar-refractivity contribution in [2.75, 3.05) is 0 Å². The summed E-state index contributed by atoms with van der Waals surface area (Å²) in [6.07, 6.45) is 1.69. The predicted octanol–water partition coefficient (Wildman–Crippen LogP) is 2.90. The SMILES string of the molecule is O=C(Cn1c(=O)oc2ccccc21)NC(c1ccccc1)c1ccccn1. The van der Waals surface area contributed by atoms with Gasteiger partial charge in [0.25, 0.3) is 0 Å². The lowest BCUT2D eigenvalue weighted by atomic mass is 10.0. The van der Waals surface area contributed by atoms with Gasteiger partial charge in [-0.15, -0.1) is 0 Å². The molecule has 27 heavy (non-hydrogen) atoms. The second-order valence-corrected chi connectivity index (χ2v) is 6.09. The Kier molecular flexibility index (Phi) is 4.53. The van der Waals surface area contributed by atoms with Gasteiger partial charge in [-0.3, -0.25) is 14.3 Å².